The van der Waals surface area contributed by atoms with Crippen LogP contribution in [0.5, 0.6) is 11.5 Å². The summed E-state index contributed by atoms with van der Waals surface area (Å²) in [5.41, 5.74) is 0.846. The minimum absolute atomic E-state index is 0.107. The number of benzene rings is 1. The van der Waals surface area contributed by atoms with Gasteiger partial charge in [-0.15, -0.1) is 0 Å². The number of nitrogens with zero attached hydrogens (tertiary/aromatic N) is 1. The number of rotatable bonds is 3. The number of thiocarbonyl (C=S) groups is 1. The Morgan fingerprint density at radius 3 is 3.00 bits per heavy atom. The molecule has 0 atom stereocenters. The Kier molecular flexibility index (Phi) is 3.64. The van der Waals surface area contributed by atoms with Crippen LogP contribution in [0.4, 0.5) is 0 Å². The molecule has 0 saturated carbocycles. The number of hydrogen-bond acceptors (Lipinski definition) is 6. The molecule has 0 aliphatic carbocycles. The lowest BCUT2D eigenvalue weighted by molar-refractivity contribution is -0.122. The molecule has 1 aromatic carbocycles. The van der Waals surface area contributed by atoms with Crippen molar-refractivity contribution in [3.05, 3.63) is 28.7 Å². The van der Waals surface area contributed by atoms with Crippen LogP contribution in [0, 0.1) is 0 Å². The Balaban J connectivity index is 1.86. The highest BCUT2D eigenvalue weighted by molar-refractivity contribution is 8.26. The highest BCUT2D eigenvalue weighted by Gasteiger charge is 2.31. The predicted molar refractivity (Wildman–Crippen MR) is 79.5 cm³/mol. The summed E-state index contributed by atoms with van der Waals surface area (Å²) in [7, 11) is 0. The summed E-state index contributed by atoms with van der Waals surface area (Å²) < 4.78 is 11.0. The van der Waals surface area contributed by atoms with Gasteiger partial charge in [0.05, 0.1) is 18.1 Å². The monoisotopic (exact) mass is 309 g/mol. The molecular formula is C13H11NO4S2. The molecule has 0 aromatic heterocycles. The molecule has 0 spiro atoms. The third-order valence-corrected chi connectivity index (χ3v) is 4.27. The van der Waals surface area contributed by atoms with Crippen molar-refractivity contribution in [2.45, 2.75) is 0 Å². The largest absolute Gasteiger partial charge is 0.454 e. The number of aliphatic hydroxyl groups excluding tert-OH is 1. The summed E-state index contributed by atoms with van der Waals surface area (Å²) in [5.74, 6) is 1.20. The van der Waals surface area contributed by atoms with E-state index >= 15 is 0 Å². The summed E-state index contributed by atoms with van der Waals surface area (Å²) in [6, 6.07) is 5.48. The molecule has 1 amide bonds. The number of β-amino-alcohol motifs (C(OH)–C–C–N with tert-alkyl or cyclic N) is 1. The number of carbonyl (C=O) groups excluding carboxylic acids is 1. The topological polar surface area (TPSA) is 59.0 Å². The first kappa shape index (κ1) is 13.4. The van der Waals surface area contributed by atoms with E-state index in [-0.39, 0.29) is 25.9 Å². The van der Waals surface area contributed by atoms with Gasteiger partial charge in [-0.25, -0.2) is 0 Å². The van der Waals surface area contributed by atoms with Crippen molar-refractivity contribution < 1.29 is 19.4 Å². The summed E-state index contributed by atoms with van der Waals surface area (Å²) in [5, 5.41) is 8.93. The van der Waals surface area contributed by atoms with Crippen molar-refractivity contribution in [1.29, 1.82) is 0 Å². The van der Waals surface area contributed by atoms with E-state index < -0.39 is 0 Å². The fraction of sp³-hybridized carbons (Fsp3) is 0.231. The maximum atomic E-state index is 12.1. The normalized spacial score (nSPS) is 19.2. The Hall–Kier alpha value is -1.57. The van der Waals surface area contributed by atoms with E-state index in [9.17, 15) is 4.79 Å². The number of thioether (sulfide) groups is 1. The van der Waals surface area contributed by atoms with Gasteiger partial charge in [-0.3, -0.25) is 9.69 Å². The summed E-state index contributed by atoms with van der Waals surface area (Å²) in [6.45, 7) is 0.338. The Morgan fingerprint density at radius 1 is 1.40 bits per heavy atom. The molecule has 5 nitrogen and oxygen atoms in total. The van der Waals surface area contributed by atoms with Gasteiger partial charge < -0.3 is 14.6 Å². The zero-order chi connectivity index (χ0) is 14.1. The molecule has 1 N–H and O–H groups in total. The van der Waals surface area contributed by atoms with E-state index in [1.54, 1.807) is 6.08 Å². The van der Waals surface area contributed by atoms with E-state index in [4.69, 9.17) is 26.8 Å². The van der Waals surface area contributed by atoms with E-state index in [1.165, 1.54) is 16.7 Å². The molecule has 0 radical (unpaired) electrons. The van der Waals surface area contributed by atoms with E-state index in [1.807, 2.05) is 18.2 Å². The maximum Gasteiger partial charge on any atom is 0.266 e. The SMILES string of the molecule is O=C1C(=Cc2ccc3c(c2)OCO3)SC(=S)N1CCO. The third kappa shape index (κ3) is 2.39. The van der Waals surface area contributed by atoms with Crippen molar-refractivity contribution in [2.75, 3.05) is 19.9 Å². The first-order chi connectivity index (χ1) is 9.69. The molecule has 2 heterocycles. The van der Waals surface area contributed by atoms with Crippen molar-refractivity contribution in [2.24, 2.45) is 0 Å². The zero-order valence-electron chi connectivity index (χ0n) is 10.4. The second-order valence-electron chi connectivity index (χ2n) is 4.17. The molecule has 20 heavy (non-hydrogen) atoms. The fourth-order valence-electron chi connectivity index (χ4n) is 1.95. The molecular weight excluding hydrogens is 298 g/mol. The standard InChI is InChI=1S/C13H11NO4S2/c15-4-3-14-12(16)11(20-13(14)19)6-8-1-2-9-10(5-8)18-7-17-9/h1-2,5-6,15H,3-4,7H2. The van der Waals surface area contributed by atoms with Crippen LogP contribution in [-0.4, -0.2) is 40.2 Å². The Labute approximate surface area is 125 Å². The lowest BCUT2D eigenvalue weighted by Gasteiger charge is -2.11. The van der Waals surface area contributed by atoms with Gasteiger partial charge >= 0.3 is 0 Å². The molecule has 1 aromatic rings. The molecule has 2 aliphatic rings. The van der Waals surface area contributed by atoms with Crippen LogP contribution in [0.1, 0.15) is 5.56 Å². The Morgan fingerprint density at radius 2 is 2.20 bits per heavy atom. The van der Waals surface area contributed by atoms with Crippen LogP contribution in [-0.2, 0) is 4.79 Å². The Bertz CT molecular complexity index is 614. The van der Waals surface area contributed by atoms with Crippen LogP contribution in [0.15, 0.2) is 23.1 Å². The van der Waals surface area contributed by atoms with E-state index in [2.05, 4.69) is 0 Å². The number of carbonyl (C=O) groups is 1. The van der Waals surface area contributed by atoms with Crippen molar-refractivity contribution in [1.82, 2.24) is 4.90 Å². The van der Waals surface area contributed by atoms with Crippen LogP contribution in [0.25, 0.3) is 6.08 Å². The maximum absolute atomic E-state index is 12.1. The lowest BCUT2D eigenvalue weighted by Crippen LogP contribution is -2.30. The van der Waals surface area contributed by atoms with Gasteiger partial charge in [0, 0.05) is 0 Å². The van der Waals surface area contributed by atoms with Crippen LogP contribution in [0.3, 0.4) is 0 Å². The minimum Gasteiger partial charge on any atom is -0.454 e. The molecule has 1 saturated heterocycles. The molecule has 0 unspecified atom stereocenters. The van der Waals surface area contributed by atoms with Crippen LogP contribution >= 0.6 is 24.0 Å². The van der Waals surface area contributed by atoms with Crippen LogP contribution in [0.2, 0.25) is 0 Å². The van der Waals surface area contributed by atoms with Crippen molar-refractivity contribution >= 4 is 40.3 Å². The van der Waals surface area contributed by atoms with Gasteiger partial charge in [-0.05, 0) is 23.8 Å². The highest BCUT2D eigenvalue weighted by atomic mass is 32.2. The van der Waals surface area contributed by atoms with Gasteiger partial charge in [0.25, 0.3) is 5.91 Å². The number of fused-ring (bicyclic) bond motifs is 1. The fourth-order valence-corrected chi connectivity index (χ4v) is 3.26. The van der Waals surface area contributed by atoms with Gasteiger partial charge in [0.2, 0.25) is 6.79 Å². The summed E-state index contributed by atoms with van der Waals surface area (Å²) in [4.78, 5) is 14.1. The second-order valence-corrected chi connectivity index (χ2v) is 5.85. The average Bonchev–Trinajstić information content (AvgIpc) is 2.99. The smallest absolute Gasteiger partial charge is 0.266 e. The molecule has 3 rings (SSSR count). The first-order valence-corrected chi connectivity index (χ1v) is 7.17. The van der Waals surface area contributed by atoms with Gasteiger partial charge in [-0.2, -0.15) is 0 Å². The predicted octanol–water partition coefficient (Wildman–Crippen LogP) is 1.61. The first-order valence-electron chi connectivity index (χ1n) is 5.95. The molecule has 1 fully saturated rings. The highest BCUT2D eigenvalue weighted by Crippen LogP contribution is 2.36. The minimum atomic E-state index is -0.174. The lowest BCUT2D eigenvalue weighted by atomic mass is 10.2. The second kappa shape index (κ2) is 5.43. The van der Waals surface area contributed by atoms with Gasteiger partial charge in [-0.1, -0.05) is 30.0 Å². The summed E-state index contributed by atoms with van der Waals surface area (Å²) >= 11 is 6.36. The molecule has 104 valence electrons. The van der Waals surface area contributed by atoms with E-state index in [0.29, 0.717) is 20.7 Å². The zero-order valence-corrected chi connectivity index (χ0v) is 12.0. The van der Waals surface area contributed by atoms with Crippen LogP contribution < -0.4 is 9.47 Å². The molecule has 2 aliphatic heterocycles. The third-order valence-electron chi connectivity index (χ3n) is 2.89. The summed E-state index contributed by atoms with van der Waals surface area (Å²) in [6.07, 6.45) is 1.76. The van der Waals surface area contributed by atoms with Gasteiger partial charge in [0.1, 0.15) is 4.32 Å². The average molecular weight is 309 g/mol. The molecule has 7 heteroatoms. The molecule has 0 bridgehead atoms. The van der Waals surface area contributed by atoms with Crippen molar-refractivity contribution in [3.63, 3.8) is 0 Å². The number of ether oxygens (including phenoxy) is 2. The quantitative estimate of drug-likeness (QED) is 0.676. The van der Waals surface area contributed by atoms with Crippen molar-refractivity contribution in [3.8, 4) is 11.5 Å². The van der Waals surface area contributed by atoms with E-state index in [0.717, 1.165) is 5.56 Å². The van der Waals surface area contributed by atoms with Gasteiger partial charge in [0.15, 0.2) is 11.5 Å². The number of hydrogen-bond donors (Lipinski definition) is 1. The number of aliphatic hydroxyl groups is 1. The number of amides is 1.